The van der Waals surface area contributed by atoms with E-state index in [0.29, 0.717) is 46.3 Å². The number of ether oxygens (including phenoxy) is 2. The fraction of sp³-hybridized carbons (Fsp3) is 0.214. The molecule has 1 aromatic heterocycles. The van der Waals surface area contributed by atoms with Crippen molar-refractivity contribution < 1.29 is 18.7 Å². The number of hydrogen-bond acceptors (Lipinski definition) is 5. The van der Waals surface area contributed by atoms with Gasteiger partial charge in [0.05, 0.1) is 30.2 Å². The molecule has 1 atom stereocenters. The Morgan fingerprint density at radius 3 is 2.40 bits per heavy atom. The first-order chi connectivity index (χ1) is 17.0. The highest BCUT2D eigenvalue weighted by Crippen LogP contribution is 2.42. The van der Waals surface area contributed by atoms with Crippen molar-refractivity contribution in [3.8, 4) is 11.5 Å². The van der Waals surface area contributed by atoms with Crippen LogP contribution in [-0.4, -0.2) is 24.0 Å². The Hall–Kier alpha value is -3.77. The standard InChI is InChI=1S/C28H24ClNO5/c1-3-33-22-14-13-17(15-23(22)34-4-2)25-24-26(31)19-10-6-8-12-21(19)35-27(24)28(32)30(25)16-18-9-5-7-11-20(18)29/h5-15,25H,3-4,16H2,1-2H3. The smallest absolute Gasteiger partial charge is 0.291 e. The maximum atomic E-state index is 13.7. The normalized spacial score (nSPS) is 14.9. The molecule has 3 aromatic carbocycles. The molecule has 35 heavy (non-hydrogen) atoms. The van der Waals surface area contributed by atoms with Crippen LogP contribution in [0.4, 0.5) is 0 Å². The molecule has 1 aliphatic heterocycles. The summed E-state index contributed by atoms with van der Waals surface area (Å²) in [4.78, 5) is 29.0. The molecule has 6 nitrogen and oxygen atoms in total. The molecule has 0 spiro atoms. The van der Waals surface area contributed by atoms with Crippen LogP contribution in [0.2, 0.25) is 5.02 Å². The van der Waals surface area contributed by atoms with Crippen molar-refractivity contribution in [2.45, 2.75) is 26.4 Å². The Bertz CT molecular complexity index is 1480. The number of para-hydroxylation sites is 1. The van der Waals surface area contributed by atoms with E-state index in [-0.39, 0.29) is 23.6 Å². The van der Waals surface area contributed by atoms with E-state index in [1.165, 1.54) is 0 Å². The molecule has 0 bridgehead atoms. The van der Waals surface area contributed by atoms with Crippen LogP contribution < -0.4 is 14.9 Å². The van der Waals surface area contributed by atoms with Crippen LogP contribution in [-0.2, 0) is 6.54 Å². The number of nitrogens with zero attached hydrogens (tertiary/aromatic N) is 1. The third-order valence-electron chi connectivity index (χ3n) is 6.05. The lowest BCUT2D eigenvalue weighted by Crippen LogP contribution is -2.29. The second-order valence-corrected chi connectivity index (χ2v) is 8.58. The van der Waals surface area contributed by atoms with Crippen molar-refractivity contribution in [3.63, 3.8) is 0 Å². The van der Waals surface area contributed by atoms with Crippen LogP contribution in [0.25, 0.3) is 11.0 Å². The molecule has 0 aliphatic carbocycles. The van der Waals surface area contributed by atoms with Crippen molar-refractivity contribution in [3.05, 3.63) is 104 Å². The molecule has 7 heteroatoms. The van der Waals surface area contributed by atoms with Gasteiger partial charge in [-0.05, 0) is 55.3 Å². The van der Waals surface area contributed by atoms with Gasteiger partial charge in [0.15, 0.2) is 16.9 Å². The van der Waals surface area contributed by atoms with Gasteiger partial charge in [-0.1, -0.05) is 48.0 Å². The van der Waals surface area contributed by atoms with E-state index in [4.69, 9.17) is 25.5 Å². The predicted octanol–water partition coefficient (Wildman–Crippen LogP) is 5.99. The van der Waals surface area contributed by atoms with E-state index in [0.717, 1.165) is 11.1 Å². The molecule has 0 saturated carbocycles. The first-order valence-corrected chi connectivity index (χ1v) is 11.9. The monoisotopic (exact) mass is 489 g/mol. The zero-order chi connectivity index (χ0) is 24.5. The summed E-state index contributed by atoms with van der Waals surface area (Å²) in [5.74, 6) is 0.846. The third kappa shape index (κ3) is 4.04. The molecular formula is C28H24ClNO5. The first-order valence-electron chi connectivity index (χ1n) is 11.5. The van der Waals surface area contributed by atoms with Crippen molar-refractivity contribution in [1.29, 1.82) is 0 Å². The number of halogens is 1. The molecule has 0 fully saturated rings. The molecule has 178 valence electrons. The second-order valence-electron chi connectivity index (χ2n) is 8.17. The maximum absolute atomic E-state index is 13.7. The Balaban J connectivity index is 1.71. The number of carbonyl (C=O) groups is 1. The first kappa shape index (κ1) is 23.0. The van der Waals surface area contributed by atoms with Crippen molar-refractivity contribution in [2.24, 2.45) is 0 Å². The lowest BCUT2D eigenvalue weighted by molar-refractivity contribution is 0.0714. The molecule has 0 N–H and O–H groups in total. The van der Waals surface area contributed by atoms with Gasteiger partial charge in [-0.15, -0.1) is 0 Å². The molecular weight excluding hydrogens is 466 g/mol. The molecule has 1 amide bonds. The molecule has 0 radical (unpaired) electrons. The largest absolute Gasteiger partial charge is 0.490 e. The molecule has 4 aromatic rings. The summed E-state index contributed by atoms with van der Waals surface area (Å²) in [6, 6.07) is 19.1. The number of hydrogen-bond donors (Lipinski definition) is 0. The van der Waals surface area contributed by atoms with Gasteiger partial charge in [0.1, 0.15) is 5.58 Å². The number of rotatable bonds is 7. The minimum atomic E-state index is -0.676. The minimum Gasteiger partial charge on any atom is -0.490 e. The summed E-state index contributed by atoms with van der Waals surface area (Å²) in [6.45, 7) is 4.93. The van der Waals surface area contributed by atoms with Gasteiger partial charge in [0.2, 0.25) is 5.76 Å². The molecule has 1 unspecified atom stereocenters. The number of carbonyl (C=O) groups excluding carboxylic acids is 1. The summed E-state index contributed by atoms with van der Waals surface area (Å²) >= 11 is 6.43. The minimum absolute atomic E-state index is 0.0533. The highest BCUT2D eigenvalue weighted by atomic mass is 35.5. The number of amides is 1. The Morgan fingerprint density at radius 1 is 0.914 bits per heavy atom. The fourth-order valence-corrected chi connectivity index (χ4v) is 4.72. The van der Waals surface area contributed by atoms with Crippen LogP contribution in [0.1, 0.15) is 47.1 Å². The molecule has 1 aliphatic rings. The van der Waals surface area contributed by atoms with E-state index in [2.05, 4.69) is 0 Å². The van der Waals surface area contributed by atoms with Gasteiger partial charge in [-0.25, -0.2) is 0 Å². The van der Waals surface area contributed by atoms with Gasteiger partial charge in [-0.2, -0.15) is 0 Å². The van der Waals surface area contributed by atoms with Crippen molar-refractivity contribution in [2.75, 3.05) is 13.2 Å². The van der Waals surface area contributed by atoms with E-state index in [9.17, 15) is 9.59 Å². The molecule has 0 saturated heterocycles. The predicted molar refractivity (Wildman–Crippen MR) is 134 cm³/mol. The van der Waals surface area contributed by atoms with Gasteiger partial charge < -0.3 is 18.8 Å². The third-order valence-corrected chi connectivity index (χ3v) is 6.42. The van der Waals surface area contributed by atoms with Gasteiger partial charge in [0, 0.05) is 11.6 Å². The van der Waals surface area contributed by atoms with Crippen molar-refractivity contribution >= 4 is 28.5 Å². The highest BCUT2D eigenvalue weighted by molar-refractivity contribution is 6.31. The maximum Gasteiger partial charge on any atom is 0.291 e. The zero-order valence-electron chi connectivity index (χ0n) is 19.4. The summed E-state index contributed by atoms with van der Waals surface area (Å²) in [7, 11) is 0. The van der Waals surface area contributed by atoms with E-state index >= 15 is 0 Å². The van der Waals surface area contributed by atoms with Crippen LogP contribution in [0.3, 0.4) is 0 Å². The summed E-state index contributed by atoms with van der Waals surface area (Å²) in [6.07, 6.45) is 0. The summed E-state index contributed by atoms with van der Waals surface area (Å²) in [5.41, 5.74) is 1.96. The average molecular weight is 490 g/mol. The van der Waals surface area contributed by atoms with E-state index < -0.39 is 6.04 Å². The van der Waals surface area contributed by atoms with Crippen LogP contribution in [0, 0.1) is 0 Å². The van der Waals surface area contributed by atoms with Crippen LogP contribution in [0.15, 0.2) is 75.9 Å². The van der Waals surface area contributed by atoms with Gasteiger partial charge in [0.25, 0.3) is 5.91 Å². The Kier molecular flexibility index (Phi) is 6.22. The van der Waals surface area contributed by atoms with Crippen LogP contribution in [0.5, 0.6) is 11.5 Å². The lowest BCUT2D eigenvalue weighted by Gasteiger charge is -2.26. The zero-order valence-corrected chi connectivity index (χ0v) is 20.2. The van der Waals surface area contributed by atoms with Gasteiger partial charge >= 0.3 is 0 Å². The SMILES string of the molecule is CCOc1ccc(C2c3c(oc4ccccc4c3=O)C(=O)N2Cc2ccccc2Cl)cc1OCC. The fourth-order valence-electron chi connectivity index (χ4n) is 4.52. The summed E-state index contributed by atoms with van der Waals surface area (Å²) < 4.78 is 17.5. The Labute approximate surface area is 207 Å². The quantitative estimate of drug-likeness (QED) is 0.319. The van der Waals surface area contributed by atoms with Crippen LogP contribution >= 0.6 is 11.6 Å². The summed E-state index contributed by atoms with van der Waals surface area (Å²) in [5, 5.41) is 0.973. The second kappa shape index (κ2) is 9.47. The molecule has 5 rings (SSSR count). The highest BCUT2D eigenvalue weighted by Gasteiger charge is 2.43. The topological polar surface area (TPSA) is 69.0 Å². The number of fused-ring (bicyclic) bond motifs is 2. The number of benzene rings is 3. The average Bonchev–Trinajstić information content (AvgIpc) is 3.14. The molecule has 2 heterocycles. The van der Waals surface area contributed by atoms with E-state index in [1.54, 1.807) is 35.2 Å². The Morgan fingerprint density at radius 2 is 1.63 bits per heavy atom. The van der Waals surface area contributed by atoms with E-state index in [1.807, 2.05) is 50.2 Å². The van der Waals surface area contributed by atoms with Crippen molar-refractivity contribution in [1.82, 2.24) is 4.90 Å². The lowest BCUT2D eigenvalue weighted by atomic mass is 9.97. The van der Waals surface area contributed by atoms with Gasteiger partial charge in [-0.3, -0.25) is 9.59 Å².